The summed E-state index contributed by atoms with van der Waals surface area (Å²) >= 11 is 0. The van der Waals surface area contributed by atoms with E-state index in [0.29, 0.717) is 29.7 Å². The smallest absolute Gasteiger partial charge is 0.229 e. The van der Waals surface area contributed by atoms with Crippen molar-refractivity contribution in [2.75, 3.05) is 0 Å². The summed E-state index contributed by atoms with van der Waals surface area (Å²) in [4.78, 5) is 39.2. The molecule has 0 aromatic heterocycles. The van der Waals surface area contributed by atoms with Crippen molar-refractivity contribution in [1.29, 1.82) is 0 Å². The zero-order valence-electron chi connectivity index (χ0n) is 21.8. The average molecular weight is 471 g/mol. The third-order valence-electron chi connectivity index (χ3n) is 8.25. The first-order valence-corrected chi connectivity index (χ1v) is 13.2. The van der Waals surface area contributed by atoms with Gasteiger partial charge in [0.1, 0.15) is 0 Å². The van der Waals surface area contributed by atoms with Gasteiger partial charge in [-0.1, -0.05) is 77.1 Å². The van der Waals surface area contributed by atoms with Crippen LogP contribution in [0.25, 0.3) is 5.57 Å². The quantitative estimate of drug-likeness (QED) is 0.318. The van der Waals surface area contributed by atoms with Gasteiger partial charge in [0.15, 0.2) is 5.78 Å². The largest absolute Gasteiger partial charge is 0.294 e. The fraction of sp³-hybridized carbons (Fsp3) is 0.469. The lowest BCUT2D eigenvalue weighted by atomic mass is 9.65. The fourth-order valence-electron chi connectivity index (χ4n) is 6.03. The highest BCUT2D eigenvalue weighted by molar-refractivity contribution is 6.54. The number of hydrogen-bond donors (Lipinski definition) is 0. The molecular weight excluding hydrogens is 432 g/mol. The van der Waals surface area contributed by atoms with Crippen LogP contribution in [0.5, 0.6) is 0 Å². The molecule has 2 aromatic carbocycles. The number of ketones is 3. The van der Waals surface area contributed by atoms with E-state index in [0.717, 1.165) is 47.9 Å². The van der Waals surface area contributed by atoms with Gasteiger partial charge < -0.3 is 0 Å². The number of carbonyl (C=O) groups is 3. The Hall–Kier alpha value is -2.81. The first-order chi connectivity index (χ1) is 16.7. The third kappa shape index (κ3) is 5.10. The summed E-state index contributed by atoms with van der Waals surface area (Å²) in [6.45, 7) is 10.1. The molecule has 2 aliphatic rings. The summed E-state index contributed by atoms with van der Waals surface area (Å²) in [6, 6.07) is 14.7. The molecule has 3 nitrogen and oxygen atoms in total. The zero-order chi connectivity index (χ0) is 25.3. The number of aryl methyl sites for hydroxylation is 1. The molecule has 4 atom stereocenters. The molecular formula is C32H38O3. The van der Waals surface area contributed by atoms with Crippen LogP contribution < -0.4 is 0 Å². The lowest BCUT2D eigenvalue weighted by Gasteiger charge is -2.38. The van der Waals surface area contributed by atoms with E-state index in [-0.39, 0.29) is 23.4 Å². The maximum atomic E-state index is 13.9. The van der Waals surface area contributed by atoms with Gasteiger partial charge in [-0.2, -0.15) is 0 Å². The van der Waals surface area contributed by atoms with Crippen molar-refractivity contribution < 1.29 is 14.4 Å². The normalized spacial score (nSPS) is 23.7. The summed E-state index contributed by atoms with van der Waals surface area (Å²) in [5.74, 6) is 0.428. The molecule has 0 radical (unpaired) electrons. The van der Waals surface area contributed by atoms with Gasteiger partial charge in [0, 0.05) is 23.0 Å². The molecule has 2 aliphatic carbocycles. The van der Waals surface area contributed by atoms with Crippen LogP contribution in [0.15, 0.2) is 48.5 Å². The Morgan fingerprint density at radius 2 is 1.69 bits per heavy atom. The van der Waals surface area contributed by atoms with Gasteiger partial charge in [-0.15, -0.1) is 0 Å². The van der Waals surface area contributed by atoms with E-state index in [2.05, 4.69) is 57.2 Å². The van der Waals surface area contributed by atoms with Gasteiger partial charge in [0.2, 0.25) is 11.6 Å². The molecule has 35 heavy (non-hydrogen) atoms. The predicted molar refractivity (Wildman–Crippen MR) is 141 cm³/mol. The Kier molecular flexibility index (Phi) is 7.54. The monoisotopic (exact) mass is 470 g/mol. The van der Waals surface area contributed by atoms with Gasteiger partial charge >= 0.3 is 0 Å². The van der Waals surface area contributed by atoms with Crippen molar-refractivity contribution in [2.24, 2.45) is 29.6 Å². The Bertz CT molecular complexity index is 1150. The number of carbonyl (C=O) groups excluding carboxylic acids is 3. The number of rotatable bonds is 8. The molecule has 0 saturated heterocycles. The zero-order valence-corrected chi connectivity index (χ0v) is 21.8. The van der Waals surface area contributed by atoms with Crippen LogP contribution in [0, 0.1) is 29.6 Å². The number of fused-ring (bicyclic) bond motifs is 1. The average Bonchev–Trinajstić information content (AvgIpc) is 3.27. The second-order valence-corrected chi connectivity index (χ2v) is 11.0. The van der Waals surface area contributed by atoms with Crippen LogP contribution in [-0.2, 0) is 28.9 Å². The predicted octanol–water partition coefficient (Wildman–Crippen LogP) is 6.71. The molecule has 0 heterocycles. The van der Waals surface area contributed by atoms with E-state index in [1.54, 1.807) is 13.8 Å². The van der Waals surface area contributed by atoms with E-state index < -0.39 is 5.78 Å². The van der Waals surface area contributed by atoms with Gasteiger partial charge in [-0.05, 0) is 78.2 Å². The molecule has 1 saturated carbocycles. The topological polar surface area (TPSA) is 51.2 Å². The highest BCUT2D eigenvalue weighted by Crippen LogP contribution is 2.42. The standard InChI is InChI=1S/C32H38O3/c1-6-23-17-24-12-13-26(32(35)30(33)19(2)3)28(24)18-29(23)31(34)27-15-20(4)25(14-21(27)5)16-22-10-8-7-9-11-22/h7-11,13,17-21,25,27H,6,12,14-16H2,1-5H3/t20?,21-,25?,27?/m1/s1. The van der Waals surface area contributed by atoms with E-state index in [4.69, 9.17) is 0 Å². The van der Waals surface area contributed by atoms with Crippen LogP contribution >= 0.6 is 0 Å². The molecule has 0 aliphatic heterocycles. The highest BCUT2D eigenvalue weighted by Gasteiger charge is 2.38. The van der Waals surface area contributed by atoms with Crippen LogP contribution in [0.2, 0.25) is 0 Å². The van der Waals surface area contributed by atoms with Crippen molar-refractivity contribution in [3.63, 3.8) is 0 Å². The first-order valence-electron chi connectivity index (χ1n) is 13.2. The van der Waals surface area contributed by atoms with E-state index in [1.165, 1.54) is 5.56 Å². The summed E-state index contributed by atoms with van der Waals surface area (Å²) in [7, 11) is 0. The molecule has 1 fully saturated rings. The van der Waals surface area contributed by atoms with Crippen LogP contribution in [0.3, 0.4) is 0 Å². The summed E-state index contributed by atoms with van der Waals surface area (Å²) in [6.07, 6.45) is 6.28. The Labute approximate surface area is 210 Å². The van der Waals surface area contributed by atoms with E-state index in [9.17, 15) is 14.4 Å². The summed E-state index contributed by atoms with van der Waals surface area (Å²) in [5, 5.41) is 0. The molecule has 0 bridgehead atoms. The van der Waals surface area contributed by atoms with Crippen molar-refractivity contribution in [3.05, 3.63) is 76.4 Å². The first kappa shape index (κ1) is 25.3. The maximum absolute atomic E-state index is 13.9. The SMILES string of the molecule is CCc1cc2c(cc1C(=O)C1CC(C)C(Cc3ccccc3)C[C@H]1C)C(C(=O)C(=O)C(C)C)=CC2. The maximum Gasteiger partial charge on any atom is 0.229 e. The molecule has 4 rings (SSSR count). The molecule has 0 spiro atoms. The molecule has 0 amide bonds. The van der Waals surface area contributed by atoms with Crippen molar-refractivity contribution in [2.45, 2.75) is 66.7 Å². The van der Waals surface area contributed by atoms with Crippen molar-refractivity contribution in [1.82, 2.24) is 0 Å². The minimum atomic E-state index is -0.426. The van der Waals surface area contributed by atoms with Crippen LogP contribution in [-0.4, -0.2) is 17.3 Å². The Morgan fingerprint density at radius 1 is 0.971 bits per heavy atom. The molecule has 3 heteroatoms. The second kappa shape index (κ2) is 10.4. The highest BCUT2D eigenvalue weighted by atomic mass is 16.2. The number of hydrogen-bond acceptors (Lipinski definition) is 3. The van der Waals surface area contributed by atoms with Crippen LogP contribution in [0.1, 0.15) is 80.1 Å². The van der Waals surface area contributed by atoms with Gasteiger partial charge in [-0.25, -0.2) is 0 Å². The molecule has 0 N–H and O–H groups in total. The van der Waals surface area contributed by atoms with Crippen molar-refractivity contribution in [3.8, 4) is 0 Å². The minimum absolute atomic E-state index is 0.0118. The van der Waals surface area contributed by atoms with Crippen molar-refractivity contribution >= 4 is 22.9 Å². The van der Waals surface area contributed by atoms with Gasteiger partial charge in [-0.3, -0.25) is 14.4 Å². The fourth-order valence-corrected chi connectivity index (χ4v) is 6.03. The Balaban J connectivity index is 1.58. The van der Waals surface area contributed by atoms with E-state index in [1.807, 2.05) is 12.1 Å². The third-order valence-corrected chi connectivity index (χ3v) is 8.25. The summed E-state index contributed by atoms with van der Waals surface area (Å²) < 4.78 is 0. The lowest BCUT2D eigenvalue weighted by Crippen LogP contribution is -2.35. The van der Waals surface area contributed by atoms with E-state index >= 15 is 0 Å². The number of allylic oxidation sites excluding steroid dienone is 2. The van der Waals surface area contributed by atoms with Gasteiger partial charge in [0.05, 0.1) is 0 Å². The Morgan fingerprint density at radius 3 is 2.34 bits per heavy atom. The van der Waals surface area contributed by atoms with Crippen LogP contribution in [0.4, 0.5) is 0 Å². The number of Topliss-reactive ketones (excluding diaryl/α,β-unsaturated/α-hetero) is 3. The molecule has 184 valence electrons. The molecule has 3 unspecified atom stereocenters. The minimum Gasteiger partial charge on any atom is -0.294 e. The number of benzene rings is 2. The summed E-state index contributed by atoms with van der Waals surface area (Å²) in [5.41, 5.74) is 5.47. The molecule has 2 aromatic rings. The second-order valence-electron chi connectivity index (χ2n) is 11.0. The lowest BCUT2D eigenvalue weighted by molar-refractivity contribution is -0.135. The van der Waals surface area contributed by atoms with Gasteiger partial charge in [0.25, 0.3) is 0 Å².